The standard InChI is InChI=1S/C31H36NO5P/c1-22(29-10-6-7-11-30(29)25-14-16-28(17-15-25)38(34,35)36)37-21-27(33)20-32-31(2,3)19-23-12-13-24-8-4-5-9-26(24)18-23/h4-18,22,27,32-33H,19-21H2,1-3H3,(H2,34,35,36). The maximum absolute atomic E-state index is 11.5. The normalized spacial score (nSPS) is 13.9. The van der Waals surface area contributed by atoms with Crippen LogP contribution >= 0.6 is 7.60 Å². The lowest BCUT2D eigenvalue weighted by molar-refractivity contribution is -0.00397. The van der Waals surface area contributed by atoms with Crippen molar-refractivity contribution in [1.29, 1.82) is 0 Å². The van der Waals surface area contributed by atoms with E-state index in [9.17, 15) is 19.5 Å². The second-order valence-corrected chi connectivity index (χ2v) is 12.0. The van der Waals surface area contributed by atoms with Gasteiger partial charge in [-0.1, -0.05) is 78.9 Å². The van der Waals surface area contributed by atoms with Crippen molar-refractivity contribution in [2.45, 2.75) is 44.9 Å². The van der Waals surface area contributed by atoms with Gasteiger partial charge in [-0.3, -0.25) is 4.57 Å². The van der Waals surface area contributed by atoms with Crippen LogP contribution in [-0.2, 0) is 15.7 Å². The number of benzene rings is 4. The number of fused-ring (bicyclic) bond motifs is 1. The lowest BCUT2D eigenvalue weighted by Gasteiger charge is -2.28. The van der Waals surface area contributed by atoms with Gasteiger partial charge in [0.15, 0.2) is 0 Å². The summed E-state index contributed by atoms with van der Waals surface area (Å²) < 4.78 is 17.6. The molecular formula is C31H36NO5P. The van der Waals surface area contributed by atoms with Crippen LogP contribution in [0.2, 0.25) is 0 Å². The Balaban J connectivity index is 1.33. The van der Waals surface area contributed by atoms with Crippen molar-refractivity contribution >= 4 is 23.7 Å². The Hall–Kier alpha value is -2.83. The van der Waals surface area contributed by atoms with E-state index in [1.54, 1.807) is 12.1 Å². The monoisotopic (exact) mass is 533 g/mol. The lowest BCUT2D eigenvalue weighted by atomic mass is 9.93. The van der Waals surface area contributed by atoms with Gasteiger partial charge in [-0.2, -0.15) is 0 Å². The molecule has 4 N–H and O–H groups in total. The number of aliphatic hydroxyl groups is 1. The third kappa shape index (κ3) is 7.39. The third-order valence-corrected chi connectivity index (χ3v) is 7.70. The second kappa shape index (κ2) is 11.9. The van der Waals surface area contributed by atoms with Crippen LogP contribution in [0.3, 0.4) is 0 Å². The van der Waals surface area contributed by atoms with Gasteiger partial charge in [-0.15, -0.1) is 0 Å². The molecule has 2 unspecified atom stereocenters. The first-order valence-electron chi connectivity index (χ1n) is 12.8. The highest BCUT2D eigenvalue weighted by atomic mass is 31.2. The Morgan fingerprint density at radius 3 is 2.26 bits per heavy atom. The molecule has 0 aliphatic rings. The van der Waals surface area contributed by atoms with Gasteiger partial charge in [-0.25, -0.2) is 0 Å². The molecule has 0 bridgehead atoms. The maximum Gasteiger partial charge on any atom is 0.356 e. The molecule has 0 aliphatic carbocycles. The predicted molar refractivity (Wildman–Crippen MR) is 154 cm³/mol. The van der Waals surface area contributed by atoms with E-state index in [0.717, 1.165) is 23.1 Å². The molecule has 0 radical (unpaired) electrons. The fraction of sp³-hybridized carbons (Fsp3) is 0.290. The molecule has 0 aliphatic heterocycles. The minimum Gasteiger partial charge on any atom is -0.389 e. The SMILES string of the molecule is CC(OCC(O)CNC(C)(C)Cc1ccc2ccccc2c1)c1ccccc1-c1ccc(P(=O)(O)O)cc1. The van der Waals surface area contributed by atoms with Crippen molar-refractivity contribution in [3.8, 4) is 11.1 Å². The quantitative estimate of drug-likeness (QED) is 0.194. The van der Waals surface area contributed by atoms with Crippen LogP contribution in [0, 0.1) is 0 Å². The molecule has 4 aromatic carbocycles. The smallest absolute Gasteiger partial charge is 0.356 e. The summed E-state index contributed by atoms with van der Waals surface area (Å²) in [4.78, 5) is 18.8. The molecule has 0 spiro atoms. The molecule has 0 amide bonds. The van der Waals surface area contributed by atoms with E-state index in [1.807, 2.05) is 43.3 Å². The highest BCUT2D eigenvalue weighted by Gasteiger charge is 2.21. The van der Waals surface area contributed by atoms with Gasteiger partial charge in [0.2, 0.25) is 0 Å². The number of hydrogen-bond acceptors (Lipinski definition) is 4. The molecule has 0 aromatic heterocycles. The van der Waals surface area contributed by atoms with Crippen molar-refractivity contribution in [1.82, 2.24) is 5.32 Å². The van der Waals surface area contributed by atoms with Crippen LogP contribution in [0.4, 0.5) is 0 Å². The highest BCUT2D eigenvalue weighted by Crippen LogP contribution is 2.35. The van der Waals surface area contributed by atoms with Crippen molar-refractivity contribution in [2.24, 2.45) is 0 Å². The maximum atomic E-state index is 11.5. The van der Waals surface area contributed by atoms with Gasteiger partial charge in [-0.05, 0) is 72.4 Å². The van der Waals surface area contributed by atoms with E-state index in [1.165, 1.54) is 28.5 Å². The van der Waals surface area contributed by atoms with Crippen molar-refractivity contribution in [3.63, 3.8) is 0 Å². The fourth-order valence-corrected chi connectivity index (χ4v) is 5.21. The molecular weight excluding hydrogens is 497 g/mol. The Labute approximate surface area is 224 Å². The summed E-state index contributed by atoms with van der Waals surface area (Å²) in [6.45, 7) is 6.77. The van der Waals surface area contributed by atoms with Crippen LogP contribution in [0.25, 0.3) is 21.9 Å². The molecule has 4 rings (SSSR count). The van der Waals surface area contributed by atoms with Gasteiger partial charge < -0.3 is 24.9 Å². The minimum absolute atomic E-state index is 0.0119. The highest BCUT2D eigenvalue weighted by molar-refractivity contribution is 7.60. The number of hydrogen-bond donors (Lipinski definition) is 4. The Morgan fingerprint density at radius 2 is 1.55 bits per heavy atom. The molecule has 200 valence electrons. The summed E-state index contributed by atoms with van der Waals surface area (Å²) in [6.07, 6.45) is -0.133. The molecule has 6 nitrogen and oxygen atoms in total. The zero-order valence-corrected chi connectivity index (χ0v) is 22.9. The fourth-order valence-electron chi connectivity index (χ4n) is 4.67. The van der Waals surface area contributed by atoms with Crippen molar-refractivity contribution < 1.29 is 24.2 Å². The Morgan fingerprint density at radius 1 is 0.895 bits per heavy atom. The van der Waals surface area contributed by atoms with Gasteiger partial charge in [0, 0.05) is 12.1 Å². The lowest BCUT2D eigenvalue weighted by Crippen LogP contribution is -2.46. The molecule has 38 heavy (non-hydrogen) atoms. The molecule has 7 heteroatoms. The largest absolute Gasteiger partial charge is 0.389 e. The van der Waals surface area contributed by atoms with Gasteiger partial charge in [0.1, 0.15) is 0 Å². The van der Waals surface area contributed by atoms with Crippen molar-refractivity contribution in [3.05, 3.63) is 102 Å². The first kappa shape index (κ1) is 28.2. The van der Waals surface area contributed by atoms with E-state index in [-0.39, 0.29) is 23.6 Å². The van der Waals surface area contributed by atoms with Gasteiger partial charge in [0.25, 0.3) is 0 Å². The predicted octanol–water partition coefficient (Wildman–Crippen LogP) is 5.36. The van der Waals surface area contributed by atoms with E-state index in [0.29, 0.717) is 6.54 Å². The molecule has 4 aromatic rings. The molecule has 0 fully saturated rings. The number of ether oxygens (including phenoxy) is 1. The second-order valence-electron chi connectivity index (χ2n) is 10.4. The van der Waals surface area contributed by atoms with Crippen LogP contribution in [0.5, 0.6) is 0 Å². The van der Waals surface area contributed by atoms with Crippen LogP contribution in [0.1, 0.15) is 38.0 Å². The summed E-state index contributed by atoms with van der Waals surface area (Å²) in [5, 5.41) is 16.6. The first-order valence-corrected chi connectivity index (χ1v) is 14.4. The number of β-amino-alcohol motifs (C(OH)–C–C–N with tert-alkyl or cyclic N) is 1. The minimum atomic E-state index is -4.29. The van der Waals surface area contributed by atoms with E-state index < -0.39 is 13.7 Å². The summed E-state index contributed by atoms with van der Waals surface area (Å²) >= 11 is 0. The van der Waals surface area contributed by atoms with Crippen LogP contribution in [-0.4, -0.2) is 39.7 Å². The van der Waals surface area contributed by atoms with Crippen molar-refractivity contribution in [2.75, 3.05) is 13.2 Å². The summed E-state index contributed by atoms with van der Waals surface area (Å²) in [6, 6.07) is 28.9. The zero-order chi connectivity index (χ0) is 27.3. The average Bonchev–Trinajstić information content (AvgIpc) is 2.90. The summed E-state index contributed by atoms with van der Waals surface area (Å²) in [7, 11) is -4.29. The Bertz CT molecular complexity index is 1410. The van der Waals surface area contributed by atoms with E-state index in [2.05, 4.69) is 49.5 Å². The number of nitrogens with one attached hydrogen (secondary N) is 1. The number of aliphatic hydroxyl groups excluding tert-OH is 1. The number of rotatable bonds is 11. The van der Waals surface area contributed by atoms with Gasteiger partial charge in [0.05, 0.1) is 24.1 Å². The Kier molecular flexibility index (Phi) is 8.84. The summed E-state index contributed by atoms with van der Waals surface area (Å²) in [5.41, 5.74) is 3.73. The topological polar surface area (TPSA) is 99.0 Å². The van der Waals surface area contributed by atoms with Crippen LogP contribution in [0.15, 0.2) is 91.0 Å². The molecule has 0 heterocycles. The molecule has 2 atom stereocenters. The molecule has 0 saturated carbocycles. The average molecular weight is 534 g/mol. The van der Waals surface area contributed by atoms with E-state index in [4.69, 9.17) is 4.74 Å². The third-order valence-electron chi connectivity index (χ3n) is 6.73. The zero-order valence-electron chi connectivity index (χ0n) is 22.0. The first-order chi connectivity index (χ1) is 18.0. The van der Waals surface area contributed by atoms with Crippen LogP contribution < -0.4 is 10.6 Å². The molecule has 0 saturated heterocycles. The van der Waals surface area contributed by atoms with E-state index >= 15 is 0 Å². The van der Waals surface area contributed by atoms with Gasteiger partial charge >= 0.3 is 7.60 Å². The summed E-state index contributed by atoms with van der Waals surface area (Å²) in [5.74, 6) is 0.